The van der Waals surface area contributed by atoms with Crippen LogP contribution in [0.2, 0.25) is 0 Å². The van der Waals surface area contributed by atoms with Crippen LogP contribution >= 0.6 is 0 Å². The molecule has 0 heterocycles. The summed E-state index contributed by atoms with van der Waals surface area (Å²) in [6.07, 6.45) is 0.567. The summed E-state index contributed by atoms with van der Waals surface area (Å²) in [6.45, 7) is -0.629. The highest BCUT2D eigenvalue weighted by Gasteiger charge is 2.18. The number of para-hydroxylation sites is 1. The second-order valence-electron chi connectivity index (χ2n) is 3.95. The van der Waals surface area contributed by atoms with Gasteiger partial charge in [0.05, 0.1) is 13.7 Å². The van der Waals surface area contributed by atoms with E-state index in [4.69, 9.17) is 14.9 Å². The van der Waals surface area contributed by atoms with Crippen molar-refractivity contribution < 1.29 is 24.5 Å². The van der Waals surface area contributed by atoms with E-state index in [0.29, 0.717) is 12.2 Å². The minimum atomic E-state index is -1.26. The lowest BCUT2D eigenvalue weighted by Crippen LogP contribution is -2.43. The number of hydrogen-bond acceptors (Lipinski definition) is 4. The minimum absolute atomic E-state index is 0.129. The van der Waals surface area contributed by atoms with Gasteiger partial charge in [-0.05, 0) is 18.1 Å². The quantitative estimate of drug-likeness (QED) is 0.655. The summed E-state index contributed by atoms with van der Waals surface area (Å²) in [6, 6.07) is 6.04. The van der Waals surface area contributed by atoms with E-state index in [1.807, 2.05) is 18.2 Å². The molecule has 19 heavy (non-hydrogen) atoms. The van der Waals surface area contributed by atoms with E-state index in [9.17, 15) is 9.59 Å². The van der Waals surface area contributed by atoms with E-state index in [-0.39, 0.29) is 6.42 Å². The molecule has 1 unspecified atom stereocenters. The predicted molar refractivity (Wildman–Crippen MR) is 68.0 cm³/mol. The van der Waals surface area contributed by atoms with Crippen LogP contribution in [0.4, 0.5) is 0 Å². The molecule has 0 saturated heterocycles. The Morgan fingerprint density at radius 3 is 2.63 bits per heavy atom. The van der Waals surface area contributed by atoms with Gasteiger partial charge in [0, 0.05) is 6.42 Å². The Morgan fingerprint density at radius 1 is 1.37 bits per heavy atom. The van der Waals surface area contributed by atoms with Gasteiger partial charge in [-0.3, -0.25) is 4.79 Å². The van der Waals surface area contributed by atoms with E-state index in [1.165, 1.54) is 0 Å². The summed E-state index contributed by atoms with van der Waals surface area (Å²) in [5.41, 5.74) is 0.871. The van der Waals surface area contributed by atoms with Crippen molar-refractivity contribution in [1.82, 2.24) is 5.32 Å². The van der Waals surface area contributed by atoms with Crippen molar-refractivity contribution in [1.29, 1.82) is 0 Å². The minimum Gasteiger partial charge on any atom is -0.496 e. The molecule has 6 nitrogen and oxygen atoms in total. The number of aryl methyl sites for hydroxylation is 1. The van der Waals surface area contributed by atoms with Crippen molar-refractivity contribution in [2.75, 3.05) is 13.7 Å². The standard InChI is InChI=1S/C13H17NO5/c1-19-11-5-3-2-4-9(11)6-7-12(16)14-10(8-15)13(17)18/h2-5,10,15H,6-8H2,1H3,(H,14,16)(H,17,18). The zero-order chi connectivity index (χ0) is 14.3. The Labute approximate surface area is 111 Å². The number of carboxylic acid groups (broad SMARTS) is 1. The molecule has 0 aliphatic carbocycles. The normalized spacial score (nSPS) is 11.7. The number of carboxylic acids is 1. The highest BCUT2D eigenvalue weighted by molar-refractivity contribution is 5.83. The van der Waals surface area contributed by atoms with Crippen LogP contribution in [0.15, 0.2) is 24.3 Å². The number of amides is 1. The molecular weight excluding hydrogens is 250 g/mol. The first-order valence-electron chi connectivity index (χ1n) is 5.83. The van der Waals surface area contributed by atoms with Gasteiger partial charge in [-0.1, -0.05) is 18.2 Å². The topological polar surface area (TPSA) is 95.9 Å². The SMILES string of the molecule is COc1ccccc1CCC(=O)NC(CO)C(=O)O. The van der Waals surface area contributed by atoms with E-state index in [2.05, 4.69) is 5.32 Å². The average Bonchev–Trinajstić information content (AvgIpc) is 2.42. The fourth-order valence-electron chi connectivity index (χ4n) is 1.61. The van der Waals surface area contributed by atoms with Crippen LogP contribution in [0.25, 0.3) is 0 Å². The van der Waals surface area contributed by atoms with Crippen molar-refractivity contribution in [3.05, 3.63) is 29.8 Å². The monoisotopic (exact) mass is 267 g/mol. The summed E-state index contributed by atoms with van der Waals surface area (Å²) in [4.78, 5) is 22.2. The number of aliphatic carboxylic acids is 1. The van der Waals surface area contributed by atoms with Crippen LogP contribution in [-0.2, 0) is 16.0 Å². The Hall–Kier alpha value is -2.08. The number of nitrogens with one attached hydrogen (secondary N) is 1. The summed E-state index contributed by atoms with van der Waals surface area (Å²) in [7, 11) is 1.55. The van der Waals surface area contributed by atoms with Crippen LogP contribution < -0.4 is 10.1 Å². The molecule has 0 radical (unpaired) electrons. The smallest absolute Gasteiger partial charge is 0.328 e. The molecule has 3 N–H and O–H groups in total. The molecule has 0 bridgehead atoms. The molecule has 0 fully saturated rings. The maximum absolute atomic E-state index is 11.6. The van der Waals surface area contributed by atoms with Gasteiger partial charge in [-0.25, -0.2) is 4.79 Å². The van der Waals surface area contributed by atoms with Crippen LogP contribution in [0, 0.1) is 0 Å². The third-order valence-electron chi connectivity index (χ3n) is 2.63. The van der Waals surface area contributed by atoms with Gasteiger partial charge in [0.15, 0.2) is 0 Å². The second kappa shape index (κ2) is 7.38. The van der Waals surface area contributed by atoms with Gasteiger partial charge in [0.2, 0.25) is 5.91 Å². The van der Waals surface area contributed by atoms with Crippen molar-refractivity contribution in [3.63, 3.8) is 0 Å². The number of aliphatic hydroxyl groups excluding tert-OH is 1. The predicted octanol–water partition coefficient (Wildman–Crippen LogP) is 0.189. The zero-order valence-corrected chi connectivity index (χ0v) is 10.6. The molecule has 1 atom stereocenters. The first-order valence-corrected chi connectivity index (χ1v) is 5.83. The van der Waals surface area contributed by atoms with E-state index in [1.54, 1.807) is 13.2 Å². The largest absolute Gasteiger partial charge is 0.496 e. The molecule has 0 aliphatic heterocycles. The van der Waals surface area contributed by atoms with Crippen molar-refractivity contribution in [2.45, 2.75) is 18.9 Å². The van der Waals surface area contributed by atoms with E-state index < -0.39 is 24.5 Å². The highest BCUT2D eigenvalue weighted by atomic mass is 16.5. The van der Waals surface area contributed by atoms with Crippen LogP contribution in [0.1, 0.15) is 12.0 Å². The second-order valence-corrected chi connectivity index (χ2v) is 3.95. The molecule has 1 amide bonds. The number of ether oxygens (including phenoxy) is 1. The fourth-order valence-corrected chi connectivity index (χ4v) is 1.61. The number of aliphatic hydroxyl groups is 1. The Balaban J connectivity index is 2.52. The van der Waals surface area contributed by atoms with Crippen LogP contribution in [0.3, 0.4) is 0 Å². The summed E-state index contributed by atoms with van der Waals surface area (Å²) >= 11 is 0. The highest BCUT2D eigenvalue weighted by Crippen LogP contribution is 2.18. The molecule has 1 aromatic carbocycles. The maximum Gasteiger partial charge on any atom is 0.328 e. The third kappa shape index (κ3) is 4.59. The summed E-state index contributed by atoms with van der Waals surface area (Å²) in [5.74, 6) is -0.993. The lowest BCUT2D eigenvalue weighted by atomic mass is 10.1. The average molecular weight is 267 g/mol. The van der Waals surface area contributed by atoms with Crippen molar-refractivity contribution >= 4 is 11.9 Å². The number of rotatable bonds is 7. The maximum atomic E-state index is 11.6. The Morgan fingerprint density at radius 2 is 2.05 bits per heavy atom. The third-order valence-corrected chi connectivity index (χ3v) is 2.63. The molecule has 0 spiro atoms. The Bertz CT molecular complexity index is 446. The summed E-state index contributed by atoms with van der Waals surface area (Å²) in [5, 5.41) is 19.7. The molecular formula is C13H17NO5. The van der Waals surface area contributed by atoms with Gasteiger partial charge in [-0.2, -0.15) is 0 Å². The lowest BCUT2D eigenvalue weighted by Gasteiger charge is -2.12. The van der Waals surface area contributed by atoms with Crippen molar-refractivity contribution in [2.24, 2.45) is 0 Å². The van der Waals surface area contributed by atoms with E-state index in [0.717, 1.165) is 5.56 Å². The molecule has 1 aromatic rings. The van der Waals surface area contributed by atoms with Gasteiger partial charge < -0.3 is 20.3 Å². The molecule has 6 heteroatoms. The summed E-state index contributed by atoms with van der Waals surface area (Å²) < 4.78 is 5.15. The molecule has 104 valence electrons. The molecule has 1 rings (SSSR count). The first-order chi connectivity index (χ1) is 9.08. The van der Waals surface area contributed by atoms with Crippen molar-refractivity contribution in [3.8, 4) is 5.75 Å². The van der Waals surface area contributed by atoms with Gasteiger partial charge in [0.1, 0.15) is 11.8 Å². The molecule has 0 saturated carbocycles. The number of carbonyl (C=O) groups excluding carboxylic acids is 1. The number of methoxy groups -OCH3 is 1. The van der Waals surface area contributed by atoms with Crippen LogP contribution in [0.5, 0.6) is 5.75 Å². The zero-order valence-electron chi connectivity index (χ0n) is 10.6. The fraction of sp³-hybridized carbons (Fsp3) is 0.385. The lowest BCUT2D eigenvalue weighted by molar-refractivity contribution is -0.142. The van der Waals surface area contributed by atoms with Gasteiger partial charge in [0.25, 0.3) is 0 Å². The number of hydrogen-bond donors (Lipinski definition) is 3. The molecule has 0 aromatic heterocycles. The number of carbonyl (C=O) groups is 2. The Kier molecular flexibility index (Phi) is 5.81. The van der Waals surface area contributed by atoms with Gasteiger partial charge >= 0.3 is 5.97 Å². The van der Waals surface area contributed by atoms with Gasteiger partial charge in [-0.15, -0.1) is 0 Å². The number of benzene rings is 1. The van der Waals surface area contributed by atoms with Crippen LogP contribution in [-0.4, -0.2) is 41.8 Å². The van der Waals surface area contributed by atoms with E-state index >= 15 is 0 Å². The first kappa shape index (κ1) is 15.0. The molecule has 0 aliphatic rings.